The highest BCUT2D eigenvalue weighted by molar-refractivity contribution is 4.86. The van der Waals surface area contributed by atoms with E-state index in [1.54, 1.807) is 0 Å². The van der Waals surface area contributed by atoms with Crippen LogP contribution in [0.15, 0.2) is 0 Å². The van der Waals surface area contributed by atoms with E-state index in [-0.39, 0.29) is 6.10 Å². The van der Waals surface area contributed by atoms with Gasteiger partial charge in [-0.05, 0) is 13.0 Å². The first-order valence-electron chi connectivity index (χ1n) is 8.46. The van der Waals surface area contributed by atoms with Crippen molar-refractivity contribution in [3.8, 4) is 0 Å². The quantitative estimate of drug-likeness (QED) is 0.655. The van der Waals surface area contributed by atoms with E-state index in [0.717, 1.165) is 78.7 Å². The second-order valence-electron chi connectivity index (χ2n) is 6.55. The summed E-state index contributed by atoms with van der Waals surface area (Å²) in [5.41, 5.74) is 0. The van der Waals surface area contributed by atoms with Gasteiger partial charge in [0, 0.05) is 64.9 Å². The molecule has 6 nitrogen and oxygen atoms in total. The molecule has 0 radical (unpaired) electrons. The molecule has 0 amide bonds. The van der Waals surface area contributed by atoms with E-state index in [1.807, 2.05) is 0 Å². The van der Waals surface area contributed by atoms with Gasteiger partial charge in [-0.15, -0.1) is 0 Å². The van der Waals surface area contributed by atoms with Crippen LogP contribution in [-0.2, 0) is 4.74 Å². The molecule has 3 fully saturated rings. The number of β-amino-alcohol motifs (C(OH)–C–C–N with tert-alkyl or cyclic N) is 1. The molecule has 3 rings (SSSR count). The van der Waals surface area contributed by atoms with Crippen molar-refractivity contribution in [2.75, 3.05) is 78.7 Å². The molecule has 2 atom stereocenters. The maximum Gasteiger partial charge on any atom is 0.0793 e. The van der Waals surface area contributed by atoms with Crippen molar-refractivity contribution in [2.45, 2.75) is 18.6 Å². The van der Waals surface area contributed by atoms with Gasteiger partial charge in [-0.3, -0.25) is 14.7 Å². The van der Waals surface area contributed by atoms with E-state index in [2.05, 4.69) is 20.0 Å². The van der Waals surface area contributed by atoms with Gasteiger partial charge in [-0.1, -0.05) is 0 Å². The summed E-state index contributed by atoms with van der Waals surface area (Å²) in [4.78, 5) is 7.37. The second-order valence-corrected chi connectivity index (χ2v) is 6.55. The summed E-state index contributed by atoms with van der Waals surface area (Å²) < 4.78 is 5.43. The molecule has 6 heteroatoms. The van der Waals surface area contributed by atoms with Gasteiger partial charge in [0.25, 0.3) is 0 Å². The maximum atomic E-state index is 10.3. The summed E-state index contributed by atoms with van der Waals surface area (Å²) >= 11 is 0. The largest absolute Gasteiger partial charge is 0.390 e. The van der Waals surface area contributed by atoms with E-state index >= 15 is 0 Å². The molecular formula is C15H30N4O2. The summed E-state index contributed by atoms with van der Waals surface area (Å²) in [6.45, 7) is 12.0. The second kappa shape index (κ2) is 7.85. The Balaban J connectivity index is 1.37. The van der Waals surface area contributed by atoms with Crippen LogP contribution < -0.4 is 5.32 Å². The first-order chi connectivity index (χ1) is 10.3. The smallest absolute Gasteiger partial charge is 0.0793 e. The van der Waals surface area contributed by atoms with Gasteiger partial charge in [-0.25, -0.2) is 0 Å². The zero-order valence-electron chi connectivity index (χ0n) is 13.0. The van der Waals surface area contributed by atoms with Crippen LogP contribution in [0.2, 0.25) is 0 Å². The number of morpholine rings is 1. The van der Waals surface area contributed by atoms with Crippen molar-refractivity contribution < 1.29 is 9.84 Å². The Morgan fingerprint density at radius 3 is 2.48 bits per heavy atom. The monoisotopic (exact) mass is 298 g/mol. The van der Waals surface area contributed by atoms with E-state index in [4.69, 9.17) is 4.74 Å². The number of rotatable bonds is 5. The molecule has 0 spiro atoms. The summed E-state index contributed by atoms with van der Waals surface area (Å²) in [6.07, 6.45) is 1.02. The molecule has 3 aliphatic heterocycles. The first kappa shape index (κ1) is 15.6. The van der Waals surface area contributed by atoms with Crippen LogP contribution in [0.3, 0.4) is 0 Å². The van der Waals surface area contributed by atoms with Crippen molar-refractivity contribution in [1.82, 2.24) is 20.0 Å². The summed E-state index contributed by atoms with van der Waals surface area (Å²) in [5, 5.41) is 13.7. The van der Waals surface area contributed by atoms with E-state index < -0.39 is 0 Å². The molecule has 0 aliphatic carbocycles. The number of ether oxygens (including phenoxy) is 1. The summed E-state index contributed by atoms with van der Waals surface area (Å²) in [5.74, 6) is 0. The highest BCUT2D eigenvalue weighted by atomic mass is 16.5. The normalized spacial score (nSPS) is 31.6. The number of likely N-dealkylation sites (tertiary alicyclic amines) is 1. The minimum atomic E-state index is -0.216. The summed E-state index contributed by atoms with van der Waals surface area (Å²) in [7, 11) is 0. The molecule has 0 aromatic rings. The lowest BCUT2D eigenvalue weighted by Crippen LogP contribution is -2.48. The summed E-state index contributed by atoms with van der Waals surface area (Å²) in [6, 6.07) is 0.667. The predicted molar refractivity (Wildman–Crippen MR) is 82.6 cm³/mol. The van der Waals surface area contributed by atoms with Crippen LogP contribution in [0.1, 0.15) is 6.42 Å². The Morgan fingerprint density at radius 1 is 1.00 bits per heavy atom. The molecule has 0 saturated carbocycles. The Morgan fingerprint density at radius 2 is 1.71 bits per heavy atom. The lowest BCUT2D eigenvalue weighted by atomic mass is 10.2. The third-order valence-corrected chi connectivity index (χ3v) is 4.96. The number of hydrogen-bond acceptors (Lipinski definition) is 6. The Kier molecular flexibility index (Phi) is 5.85. The van der Waals surface area contributed by atoms with E-state index in [1.165, 1.54) is 6.42 Å². The average molecular weight is 298 g/mol. The third kappa shape index (κ3) is 4.61. The fraction of sp³-hybridized carbons (Fsp3) is 1.00. The van der Waals surface area contributed by atoms with Gasteiger partial charge in [0.05, 0.1) is 19.3 Å². The van der Waals surface area contributed by atoms with Crippen molar-refractivity contribution in [2.24, 2.45) is 0 Å². The van der Waals surface area contributed by atoms with Gasteiger partial charge in [0.1, 0.15) is 0 Å². The van der Waals surface area contributed by atoms with E-state index in [0.29, 0.717) is 6.04 Å². The highest BCUT2D eigenvalue weighted by Gasteiger charge is 2.29. The van der Waals surface area contributed by atoms with Crippen LogP contribution in [0.25, 0.3) is 0 Å². The van der Waals surface area contributed by atoms with Crippen molar-refractivity contribution in [3.05, 3.63) is 0 Å². The molecular weight excluding hydrogens is 268 g/mol. The molecule has 2 N–H and O–H groups in total. The number of hydrogen-bond donors (Lipinski definition) is 2. The molecule has 3 heterocycles. The van der Waals surface area contributed by atoms with Crippen molar-refractivity contribution in [3.63, 3.8) is 0 Å². The fourth-order valence-corrected chi connectivity index (χ4v) is 3.77. The molecule has 21 heavy (non-hydrogen) atoms. The standard InChI is InChI=1S/C15H30N4O2/c20-15(12-17-5-2-16-3-6-17)13-18-4-1-14(11-18)19-7-9-21-10-8-19/h14-16,20H,1-13H2. The maximum absolute atomic E-state index is 10.3. The molecule has 3 saturated heterocycles. The minimum Gasteiger partial charge on any atom is -0.390 e. The van der Waals surface area contributed by atoms with Crippen molar-refractivity contribution >= 4 is 0 Å². The van der Waals surface area contributed by atoms with E-state index in [9.17, 15) is 5.11 Å². The lowest BCUT2D eigenvalue weighted by molar-refractivity contribution is 0.0167. The first-order valence-corrected chi connectivity index (χ1v) is 8.46. The zero-order valence-corrected chi connectivity index (χ0v) is 13.0. The average Bonchev–Trinajstić information content (AvgIpc) is 2.97. The molecule has 2 unspecified atom stereocenters. The molecule has 0 aromatic heterocycles. The number of piperazine rings is 1. The van der Waals surface area contributed by atoms with Gasteiger partial charge < -0.3 is 15.2 Å². The van der Waals surface area contributed by atoms with Crippen LogP contribution in [0.4, 0.5) is 0 Å². The Labute approximate surface area is 128 Å². The third-order valence-electron chi connectivity index (χ3n) is 4.96. The SMILES string of the molecule is OC(CN1CCNCC1)CN1CCC(N2CCOCC2)C1. The molecule has 3 aliphatic rings. The number of nitrogens with zero attached hydrogens (tertiary/aromatic N) is 3. The number of nitrogens with one attached hydrogen (secondary N) is 1. The number of aliphatic hydroxyl groups excluding tert-OH is 1. The van der Waals surface area contributed by atoms with Gasteiger partial charge in [0.2, 0.25) is 0 Å². The van der Waals surface area contributed by atoms with Crippen LogP contribution in [-0.4, -0.2) is 111 Å². The zero-order chi connectivity index (χ0) is 14.5. The number of aliphatic hydroxyl groups is 1. The molecule has 0 bridgehead atoms. The Hall–Kier alpha value is -0.240. The predicted octanol–water partition coefficient (Wildman–Crippen LogP) is -1.34. The molecule has 0 aromatic carbocycles. The van der Waals surface area contributed by atoms with Crippen LogP contribution >= 0.6 is 0 Å². The minimum absolute atomic E-state index is 0.216. The van der Waals surface area contributed by atoms with Crippen molar-refractivity contribution in [1.29, 1.82) is 0 Å². The van der Waals surface area contributed by atoms with Crippen LogP contribution in [0.5, 0.6) is 0 Å². The fourth-order valence-electron chi connectivity index (χ4n) is 3.77. The van der Waals surface area contributed by atoms with Gasteiger partial charge >= 0.3 is 0 Å². The van der Waals surface area contributed by atoms with Gasteiger partial charge in [0.15, 0.2) is 0 Å². The topological polar surface area (TPSA) is 51.2 Å². The highest BCUT2D eigenvalue weighted by Crippen LogP contribution is 2.17. The molecule has 122 valence electrons. The van der Waals surface area contributed by atoms with Gasteiger partial charge in [-0.2, -0.15) is 0 Å². The Bertz CT molecular complexity index is 306. The van der Waals surface area contributed by atoms with Crippen LogP contribution in [0, 0.1) is 0 Å². The lowest BCUT2D eigenvalue weighted by Gasteiger charge is -2.33.